The number of anilines is 1. The number of pyridine rings is 1. The van der Waals surface area contributed by atoms with Crippen molar-refractivity contribution in [1.82, 2.24) is 9.55 Å². The van der Waals surface area contributed by atoms with E-state index >= 15 is 0 Å². The number of halogens is 1. The molecule has 1 aliphatic heterocycles. The minimum Gasteiger partial charge on any atom is -0.398 e. The summed E-state index contributed by atoms with van der Waals surface area (Å²) in [4.78, 5) is 4.06. The lowest BCUT2D eigenvalue weighted by atomic mass is 9.96. The number of hydrogen-bond acceptors (Lipinski definition) is 6. The molecule has 0 aliphatic carbocycles. The summed E-state index contributed by atoms with van der Waals surface area (Å²) in [7, 11) is 0. The highest BCUT2D eigenvalue weighted by atomic mass is 19.1. The second kappa shape index (κ2) is 4.63. The lowest BCUT2D eigenvalue weighted by Crippen LogP contribution is -2.44. The summed E-state index contributed by atoms with van der Waals surface area (Å²) < 4.78 is 20.8. The summed E-state index contributed by atoms with van der Waals surface area (Å²) >= 11 is 0. The van der Waals surface area contributed by atoms with E-state index in [0.717, 1.165) is 6.20 Å². The van der Waals surface area contributed by atoms with Crippen LogP contribution in [-0.2, 0) is 4.74 Å². The van der Waals surface area contributed by atoms with E-state index in [2.05, 4.69) is 4.98 Å². The third kappa shape index (κ3) is 1.91. The second-order valence-corrected chi connectivity index (χ2v) is 5.36. The minimum absolute atomic E-state index is 0.124. The number of ether oxygens (including phenoxy) is 1. The highest BCUT2D eigenvalue weighted by molar-refractivity contribution is 5.89. The third-order valence-electron chi connectivity index (χ3n) is 3.89. The monoisotopic (exact) mass is 297 g/mol. The first-order valence-electron chi connectivity index (χ1n) is 6.45. The number of rotatable bonds is 2. The van der Waals surface area contributed by atoms with Gasteiger partial charge in [-0.2, -0.15) is 0 Å². The number of aromatic nitrogens is 2. The average Bonchev–Trinajstić information content (AvgIpc) is 2.87. The van der Waals surface area contributed by atoms with Crippen molar-refractivity contribution in [3.05, 3.63) is 24.3 Å². The zero-order valence-electron chi connectivity index (χ0n) is 11.3. The molecule has 0 amide bonds. The Morgan fingerprint density at radius 3 is 2.90 bits per heavy atom. The number of nitrogens with zero attached hydrogens (tertiary/aromatic N) is 2. The summed E-state index contributed by atoms with van der Waals surface area (Å²) in [6.07, 6.45) is -0.844. The van der Waals surface area contributed by atoms with Gasteiger partial charge in [0.2, 0.25) is 0 Å². The van der Waals surface area contributed by atoms with Gasteiger partial charge in [0, 0.05) is 18.1 Å². The van der Waals surface area contributed by atoms with E-state index in [-0.39, 0.29) is 16.7 Å². The van der Waals surface area contributed by atoms with Gasteiger partial charge in [0.05, 0.1) is 12.0 Å². The number of aliphatic hydroxyl groups excluding tert-OH is 2. The second-order valence-electron chi connectivity index (χ2n) is 5.36. The molecule has 2 aromatic heterocycles. The van der Waals surface area contributed by atoms with E-state index in [1.54, 1.807) is 0 Å². The Morgan fingerprint density at radius 2 is 2.29 bits per heavy atom. The maximum absolute atomic E-state index is 14.1. The van der Waals surface area contributed by atoms with Crippen LogP contribution in [0.15, 0.2) is 18.5 Å². The molecule has 7 nitrogen and oxygen atoms in total. The Kier molecular flexibility index (Phi) is 3.14. The Balaban J connectivity index is 2.15. The van der Waals surface area contributed by atoms with E-state index < -0.39 is 36.5 Å². The maximum atomic E-state index is 14.1. The standard InChI is InChI=1S/C13H16FN3O4/c1-13(20)10(19)8(5-18)21-12(13)17-4-6(14)9-7(15)2-3-16-11(9)17/h2-4,8,10,12,18-20H,5H2,1H3,(H2,15,16)/t8-,10?,12-,13+/m1/s1. The minimum atomic E-state index is -1.71. The molecule has 5 N–H and O–H groups in total. The smallest absolute Gasteiger partial charge is 0.167 e. The highest BCUT2D eigenvalue weighted by Gasteiger charge is 2.53. The Morgan fingerprint density at radius 1 is 1.57 bits per heavy atom. The van der Waals surface area contributed by atoms with Crippen LogP contribution in [0.4, 0.5) is 10.1 Å². The van der Waals surface area contributed by atoms with Crippen molar-refractivity contribution < 1.29 is 24.4 Å². The van der Waals surface area contributed by atoms with Gasteiger partial charge in [0.1, 0.15) is 23.5 Å². The molecule has 0 radical (unpaired) electrons. The predicted octanol–water partition coefficient (Wildman–Crippen LogP) is -0.241. The van der Waals surface area contributed by atoms with Gasteiger partial charge < -0.3 is 30.4 Å². The summed E-state index contributed by atoms with van der Waals surface area (Å²) in [5.41, 5.74) is 4.43. The fourth-order valence-electron chi connectivity index (χ4n) is 2.72. The van der Waals surface area contributed by atoms with E-state index in [1.807, 2.05) is 0 Å². The van der Waals surface area contributed by atoms with Gasteiger partial charge in [-0.3, -0.25) is 0 Å². The van der Waals surface area contributed by atoms with Gasteiger partial charge in [-0.1, -0.05) is 0 Å². The van der Waals surface area contributed by atoms with E-state index in [0.29, 0.717) is 0 Å². The molecule has 1 fully saturated rings. The molecule has 0 bridgehead atoms. The van der Waals surface area contributed by atoms with Crippen molar-refractivity contribution in [3.8, 4) is 0 Å². The van der Waals surface area contributed by atoms with E-state index in [4.69, 9.17) is 10.5 Å². The summed E-state index contributed by atoms with van der Waals surface area (Å²) in [5, 5.41) is 29.7. The summed E-state index contributed by atoms with van der Waals surface area (Å²) in [6.45, 7) is 0.888. The highest BCUT2D eigenvalue weighted by Crippen LogP contribution is 2.40. The fraction of sp³-hybridized carbons (Fsp3) is 0.462. The van der Waals surface area contributed by atoms with Gasteiger partial charge in [0.25, 0.3) is 0 Å². The van der Waals surface area contributed by atoms with Gasteiger partial charge in [-0.05, 0) is 13.0 Å². The Labute approximate surface area is 119 Å². The van der Waals surface area contributed by atoms with Crippen LogP contribution in [0, 0.1) is 5.82 Å². The van der Waals surface area contributed by atoms with Crippen molar-refractivity contribution >= 4 is 16.7 Å². The quantitative estimate of drug-likeness (QED) is 0.608. The molecule has 0 saturated carbocycles. The molecule has 3 heterocycles. The van der Waals surface area contributed by atoms with Crippen LogP contribution >= 0.6 is 0 Å². The number of nitrogens with two attached hydrogens (primary N) is 1. The predicted molar refractivity (Wildman–Crippen MR) is 71.7 cm³/mol. The third-order valence-corrected chi connectivity index (χ3v) is 3.89. The van der Waals surface area contributed by atoms with Crippen LogP contribution in [0.1, 0.15) is 13.2 Å². The molecule has 1 unspecified atom stereocenters. The summed E-state index contributed by atoms with van der Waals surface area (Å²) in [6, 6.07) is 1.47. The molecule has 3 rings (SSSR count). The van der Waals surface area contributed by atoms with Crippen LogP contribution in [0.25, 0.3) is 11.0 Å². The average molecular weight is 297 g/mol. The van der Waals surface area contributed by atoms with E-state index in [1.165, 1.54) is 23.8 Å². The zero-order valence-corrected chi connectivity index (χ0v) is 11.3. The number of hydrogen-bond donors (Lipinski definition) is 4. The van der Waals surface area contributed by atoms with Crippen LogP contribution in [-0.4, -0.2) is 49.3 Å². The molecular weight excluding hydrogens is 281 g/mol. The van der Waals surface area contributed by atoms with Crippen molar-refractivity contribution in [3.63, 3.8) is 0 Å². The Bertz CT molecular complexity index is 687. The van der Waals surface area contributed by atoms with Gasteiger partial charge in [-0.15, -0.1) is 0 Å². The summed E-state index contributed by atoms with van der Waals surface area (Å²) in [5.74, 6) is -0.600. The van der Waals surface area contributed by atoms with Crippen LogP contribution in [0.5, 0.6) is 0 Å². The van der Waals surface area contributed by atoms with E-state index in [9.17, 15) is 19.7 Å². The first-order valence-corrected chi connectivity index (χ1v) is 6.45. The molecule has 8 heteroatoms. The molecule has 0 aromatic carbocycles. The molecule has 1 aliphatic rings. The topological polar surface area (TPSA) is 114 Å². The zero-order chi connectivity index (χ0) is 15.4. The maximum Gasteiger partial charge on any atom is 0.167 e. The molecule has 2 aromatic rings. The number of aliphatic hydroxyl groups is 3. The van der Waals surface area contributed by atoms with Crippen molar-refractivity contribution in [2.75, 3.05) is 12.3 Å². The van der Waals surface area contributed by atoms with Crippen LogP contribution in [0.2, 0.25) is 0 Å². The van der Waals surface area contributed by atoms with Gasteiger partial charge >= 0.3 is 0 Å². The first-order chi connectivity index (χ1) is 9.87. The fourth-order valence-corrected chi connectivity index (χ4v) is 2.72. The van der Waals surface area contributed by atoms with Crippen LogP contribution < -0.4 is 5.73 Å². The molecular formula is C13H16FN3O4. The molecule has 114 valence electrons. The van der Waals surface area contributed by atoms with Crippen molar-refractivity contribution in [2.45, 2.75) is 31.0 Å². The lowest BCUT2D eigenvalue weighted by Gasteiger charge is -2.27. The van der Waals surface area contributed by atoms with Crippen molar-refractivity contribution in [2.24, 2.45) is 0 Å². The molecule has 1 saturated heterocycles. The number of nitrogen functional groups attached to an aromatic ring is 1. The van der Waals surface area contributed by atoms with Gasteiger partial charge in [-0.25, -0.2) is 9.37 Å². The van der Waals surface area contributed by atoms with Crippen molar-refractivity contribution in [1.29, 1.82) is 0 Å². The molecule has 0 spiro atoms. The molecule has 4 atom stereocenters. The molecule has 21 heavy (non-hydrogen) atoms. The normalized spacial score (nSPS) is 32.9. The van der Waals surface area contributed by atoms with Gasteiger partial charge in [0.15, 0.2) is 12.0 Å². The first kappa shape index (κ1) is 14.2. The lowest BCUT2D eigenvalue weighted by molar-refractivity contribution is -0.0949. The number of fused-ring (bicyclic) bond motifs is 1. The van der Waals surface area contributed by atoms with Crippen LogP contribution in [0.3, 0.4) is 0 Å². The largest absolute Gasteiger partial charge is 0.398 e. The Hall–Kier alpha value is -1.74. The SMILES string of the molecule is C[C@]1(O)C(O)[C@@H](CO)O[C@H]1n1cc(F)c2c(N)ccnc21.